The molecule has 3 atom stereocenters. The topological polar surface area (TPSA) is 101 Å². The summed E-state index contributed by atoms with van der Waals surface area (Å²) in [5, 5.41) is 10.4. The molecule has 2 aromatic rings. The fourth-order valence-corrected chi connectivity index (χ4v) is 5.59. The molecule has 0 bridgehead atoms. The summed E-state index contributed by atoms with van der Waals surface area (Å²) in [5.41, 5.74) is 2.20. The number of amides is 2. The van der Waals surface area contributed by atoms with E-state index in [4.69, 9.17) is 24.1 Å². The average molecular weight is 568 g/mol. The van der Waals surface area contributed by atoms with Crippen LogP contribution in [-0.4, -0.2) is 82.2 Å². The Kier molecular flexibility index (Phi) is 9.78. The number of urea groups is 1. The third-order valence-corrected chi connectivity index (χ3v) is 7.82. The Hall–Kier alpha value is -3.67. The molecule has 2 aromatic carbocycles. The van der Waals surface area contributed by atoms with Crippen LogP contribution in [0.2, 0.25) is 0 Å². The van der Waals surface area contributed by atoms with Crippen molar-refractivity contribution in [3.05, 3.63) is 48.0 Å². The minimum absolute atomic E-state index is 0.0669. The Morgan fingerprint density at radius 3 is 2.20 bits per heavy atom. The molecule has 4 rings (SSSR count). The number of anilines is 1. The molecular formula is C28H36F3N3O6. The van der Waals surface area contributed by atoms with E-state index in [1.165, 1.54) is 5.56 Å². The number of ether oxygens (including phenoxy) is 3. The van der Waals surface area contributed by atoms with E-state index >= 15 is 0 Å². The zero-order valence-electron chi connectivity index (χ0n) is 23.2. The molecule has 1 aliphatic carbocycles. The van der Waals surface area contributed by atoms with Crippen molar-refractivity contribution in [2.24, 2.45) is 0 Å². The molecule has 3 unspecified atom stereocenters. The van der Waals surface area contributed by atoms with Crippen LogP contribution in [0.3, 0.4) is 0 Å². The van der Waals surface area contributed by atoms with Crippen molar-refractivity contribution in [1.29, 1.82) is 0 Å². The van der Waals surface area contributed by atoms with Crippen LogP contribution in [-0.2, 0) is 10.2 Å². The monoisotopic (exact) mass is 567 g/mol. The number of carbonyl (C=O) groups excluding carboxylic acids is 1. The maximum atomic E-state index is 13.0. The van der Waals surface area contributed by atoms with Gasteiger partial charge in [-0.15, -0.1) is 0 Å². The van der Waals surface area contributed by atoms with Crippen molar-refractivity contribution >= 4 is 17.7 Å². The lowest BCUT2D eigenvalue weighted by Crippen LogP contribution is -2.53. The predicted octanol–water partition coefficient (Wildman–Crippen LogP) is 4.69. The molecule has 0 spiro atoms. The number of aliphatic carboxylic acids is 1. The number of methoxy groups -OCH3 is 3. The molecule has 2 fully saturated rings. The molecule has 12 heteroatoms. The number of nitrogens with one attached hydrogen (secondary N) is 1. The Balaban J connectivity index is 0.000000559. The minimum Gasteiger partial charge on any atom is -0.497 e. The van der Waals surface area contributed by atoms with E-state index in [2.05, 4.69) is 29.4 Å². The number of fused-ring (bicyclic) bond motifs is 1. The number of hydrogen-bond donors (Lipinski definition) is 2. The summed E-state index contributed by atoms with van der Waals surface area (Å²) < 4.78 is 48.0. The maximum Gasteiger partial charge on any atom is 0.490 e. The van der Waals surface area contributed by atoms with Gasteiger partial charge in [0, 0.05) is 30.2 Å². The first-order valence-corrected chi connectivity index (χ1v) is 12.8. The Bertz CT molecular complexity index is 1180. The first-order valence-electron chi connectivity index (χ1n) is 12.8. The van der Waals surface area contributed by atoms with E-state index in [0.717, 1.165) is 55.2 Å². The lowest BCUT2D eigenvalue weighted by molar-refractivity contribution is -0.192. The van der Waals surface area contributed by atoms with E-state index in [1.807, 2.05) is 30.3 Å². The van der Waals surface area contributed by atoms with Crippen molar-refractivity contribution in [2.45, 2.75) is 49.4 Å². The van der Waals surface area contributed by atoms with Gasteiger partial charge >= 0.3 is 18.2 Å². The predicted molar refractivity (Wildman–Crippen MR) is 144 cm³/mol. The number of hydrogen-bond acceptors (Lipinski definition) is 6. The molecule has 220 valence electrons. The van der Waals surface area contributed by atoms with Gasteiger partial charge in [-0.3, -0.25) is 4.90 Å². The standard InChI is InChI=1S/C26H35N3O4.C2HF3O2/c1-28-15-14-26(18-6-11-22(32-4)23(16-18)33-5)13-12-19(17-24(26)28)27-25(30)29(2)20-7-9-21(31-3)10-8-20;3-2(4,5)1(6)7/h6-11,16,19,24H,12-15,17H2,1-5H3,(H,27,30);(H,6,7). The third-order valence-electron chi connectivity index (χ3n) is 7.82. The van der Waals surface area contributed by atoms with Crippen molar-refractivity contribution in [2.75, 3.05) is 46.9 Å². The number of halogens is 3. The molecule has 0 radical (unpaired) electrons. The summed E-state index contributed by atoms with van der Waals surface area (Å²) in [6.07, 6.45) is -1.08. The zero-order valence-corrected chi connectivity index (χ0v) is 23.2. The fraction of sp³-hybridized carbons (Fsp3) is 0.500. The van der Waals surface area contributed by atoms with Crippen LogP contribution in [0.1, 0.15) is 31.2 Å². The van der Waals surface area contributed by atoms with Crippen LogP contribution < -0.4 is 24.4 Å². The zero-order chi connectivity index (χ0) is 29.7. The first kappa shape index (κ1) is 30.9. The van der Waals surface area contributed by atoms with E-state index in [-0.39, 0.29) is 17.5 Å². The number of carboxylic acid groups (broad SMARTS) is 1. The smallest absolute Gasteiger partial charge is 0.490 e. The normalized spacial score (nSPS) is 22.3. The molecule has 1 saturated heterocycles. The molecule has 2 aliphatic rings. The van der Waals surface area contributed by atoms with E-state index < -0.39 is 12.1 Å². The molecular weight excluding hydrogens is 531 g/mol. The SMILES string of the molecule is COc1ccc(N(C)C(=O)NC2CCC3(c4ccc(OC)c(OC)c4)CCN(C)C3C2)cc1.O=C(O)C(F)(F)F. The van der Waals surface area contributed by atoms with Gasteiger partial charge in [0.2, 0.25) is 0 Å². The van der Waals surface area contributed by atoms with Gasteiger partial charge in [0.05, 0.1) is 21.3 Å². The van der Waals surface area contributed by atoms with Gasteiger partial charge in [0.1, 0.15) is 5.75 Å². The van der Waals surface area contributed by atoms with E-state index in [1.54, 1.807) is 33.3 Å². The summed E-state index contributed by atoms with van der Waals surface area (Å²) in [6.45, 7) is 1.05. The number of benzene rings is 2. The molecule has 1 heterocycles. The molecule has 1 saturated carbocycles. The number of carboxylic acids is 1. The highest BCUT2D eigenvalue weighted by molar-refractivity contribution is 5.91. The van der Waals surface area contributed by atoms with Crippen molar-refractivity contribution in [1.82, 2.24) is 10.2 Å². The fourth-order valence-electron chi connectivity index (χ4n) is 5.59. The highest BCUT2D eigenvalue weighted by Crippen LogP contribution is 2.49. The Labute approximate surface area is 231 Å². The lowest BCUT2D eigenvalue weighted by atomic mass is 9.65. The van der Waals surface area contributed by atoms with E-state index in [0.29, 0.717) is 6.04 Å². The number of alkyl halides is 3. The number of likely N-dealkylation sites (N-methyl/N-ethyl adjacent to an activating group) is 1. The summed E-state index contributed by atoms with van der Waals surface area (Å²) in [7, 11) is 8.98. The van der Waals surface area contributed by atoms with Crippen LogP contribution in [0.5, 0.6) is 17.2 Å². The quantitative estimate of drug-likeness (QED) is 0.523. The number of rotatable bonds is 6. The van der Waals surface area contributed by atoms with Gasteiger partial charge < -0.3 is 29.5 Å². The lowest BCUT2D eigenvalue weighted by Gasteiger charge is -2.45. The number of carbonyl (C=O) groups is 2. The maximum absolute atomic E-state index is 13.0. The molecule has 2 N–H and O–H groups in total. The van der Waals surface area contributed by atoms with Gasteiger partial charge in [0.25, 0.3) is 0 Å². The molecule has 1 aliphatic heterocycles. The third kappa shape index (κ3) is 6.72. The van der Waals surface area contributed by atoms with E-state index in [9.17, 15) is 18.0 Å². The summed E-state index contributed by atoms with van der Waals surface area (Å²) in [6, 6.07) is 14.3. The second kappa shape index (κ2) is 12.7. The van der Waals surface area contributed by atoms with Crippen LogP contribution >= 0.6 is 0 Å². The summed E-state index contributed by atoms with van der Waals surface area (Å²) in [5.74, 6) is -0.458. The highest BCUT2D eigenvalue weighted by Gasteiger charge is 2.50. The van der Waals surface area contributed by atoms with Crippen LogP contribution in [0, 0.1) is 0 Å². The van der Waals surface area contributed by atoms with Crippen LogP contribution in [0.4, 0.5) is 23.7 Å². The highest BCUT2D eigenvalue weighted by atomic mass is 19.4. The van der Waals surface area contributed by atoms with Crippen molar-refractivity contribution in [3.63, 3.8) is 0 Å². The van der Waals surface area contributed by atoms with Crippen molar-refractivity contribution < 1.29 is 42.1 Å². The van der Waals surface area contributed by atoms with Crippen LogP contribution in [0.15, 0.2) is 42.5 Å². The summed E-state index contributed by atoms with van der Waals surface area (Å²) >= 11 is 0. The van der Waals surface area contributed by atoms with Gasteiger partial charge in [-0.25, -0.2) is 9.59 Å². The minimum atomic E-state index is -5.08. The average Bonchev–Trinajstić information content (AvgIpc) is 3.28. The van der Waals surface area contributed by atoms with Gasteiger partial charge in [0.15, 0.2) is 11.5 Å². The molecule has 40 heavy (non-hydrogen) atoms. The molecule has 0 aromatic heterocycles. The van der Waals surface area contributed by atoms with Gasteiger partial charge in [-0.05, 0) is 81.2 Å². The van der Waals surface area contributed by atoms with Gasteiger partial charge in [-0.1, -0.05) is 6.07 Å². The number of nitrogens with zero attached hydrogens (tertiary/aromatic N) is 2. The molecule has 9 nitrogen and oxygen atoms in total. The second-order valence-corrected chi connectivity index (χ2v) is 9.95. The number of likely N-dealkylation sites (tertiary alicyclic amines) is 1. The summed E-state index contributed by atoms with van der Waals surface area (Å²) in [4.78, 5) is 26.0. The Morgan fingerprint density at radius 2 is 1.65 bits per heavy atom. The van der Waals surface area contributed by atoms with Gasteiger partial charge in [-0.2, -0.15) is 13.2 Å². The Morgan fingerprint density at radius 1 is 1.02 bits per heavy atom. The largest absolute Gasteiger partial charge is 0.497 e. The molecule has 2 amide bonds. The first-order chi connectivity index (χ1) is 18.9. The van der Waals surface area contributed by atoms with Crippen LogP contribution in [0.25, 0.3) is 0 Å². The van der Waals surface area contributed by atoms with Crippen molar-refractivity contribution in [3.8, 4) is 17.2 Å². The second-order valence-electron chi connectivity index (χ2n) is 9.95.